The Hall–Kier alpha value is -1.77. The minimum absolute atomic E-state index is 0.261. The molecule has 3 nitrogen and oxygen atoms in total. The van der Waals surface area contributed by atoms with Crippen LogP contribution in [0.25, 0.3) is 10.9 Å². The summed E-state index contributed by atoms with van der Waals surface area (Å²) < 4.78 is 0. The van der Waals surface area contributed by atoms with E-state index in [0.29, 0.717) is 6.04 Å². The first-order valence-electron chi connectivity index (χ1n) is 9.09. The standard InChI is InChI=1S/C20H26N2O/c1-14-18(16-10-6-7-11-17(16)21-14)20(12-13-20)19(23)22-15-8-4-2-3-5-9-15/h6-7,10-11,15,21H,2-5,8-9,12-13H2,1H3,(H,22,23). The van der Waals surface area contributed by atoms with E-state index in [-0.39, 0.29) is 11.3 Å². The molecule has 122 valence electrons. The van der Waals surface area contributed by atoms with Crippen LogP contribution in [0.3, 0.4) is 0 Å². The summed E-state index contributed by atoms with van der Waals surface area (Å²) in [6, 6.07) is 8.75. The molecule has 23 heavy (non-hydrogen) atoms. The zero-order chi connectivity index (χ0) is 15.9. The van der Waals surface area contributed by atoms with Crippen LogP contribution in [-0.4, -0.2) is 16.9 Å². The van der Waals surface area contributed by atoms with Gasteiger partial charge in [0.2, 0.25) is 5.91 Å². The minimum Gasteiger partial charge on any atom is -0.358 e. The van der Waals surface area contributed by atoms with Gasteiger partial charge in [-0.2, -0.15) is 0 Å². The first-order chi connectivity index (χ1) is 11.2. The van der Waals surface area contributed by atoms with Crippen molar-refractivity contribution in [3.8, 4) is 0 Å². The molecular weight excluding hydrogens is 284 g/mol. The molecule has 3 heteroatoms. The fourth-order valence-electron chi connectivity index (χ4n) is 4.36. The average molecular weight is 310 g/mol. The number of para-hydroxylation sites is 1. The van der Waals surface area contributed by atoms with Crippen LogP contribution in [0.4, 0.5) is 0 Å². The maximum absolute atomic E-state index is 13.1. The van der Waals surface area contributed by atoms with Crippen LogP contribution in [0.2, 0.25) is 0 Å². The van der Waals surface area contributed by atoms with Gasteiger partial charge in [-0.05, 0) is 44.2 Å². The van der Waals surface area contributed by atoms with Gasteiger partial charge in [-0.25, -0.2) is 0 Å². The molecule has 2 aromatic rings. The van der Waals surface area contributed by atoms with E-state index in [2.05, 4.69) is 35.4 Å². The van der Waals surface area contributed by atoms with Gasteiger partial charge in [0.05, 0.1) is 5.41 Å². The van der Waals surface area contributed by atoms with Crippen molar-refractivity contribution in [3.63, 3.8) is 0 Å². The number of hydrogen-bond donors (Lipinski definition) is 2. The largest absolute Gasteiger partial charge is 0.358 e. The number of H-pyrrole nitrogens is 1. The number of aromatic amines is 1. The maximum Gasteiger partial charge on any atom is 0.230 e. The van der Waals surface area contributed by atoms with Crippen molar-refractivity contribution in [1.29, 1.82) is 0 Å². The Morgan fingerprint density at radius 1 is 1.13 bits per heavy atom. The van der Waals surface area contributed by atoms with E-state index in [1.54, 1.807) is 0 Å². The second-order valence-electron chi connectivity index (χ2n) is 7.41. The van der Waals surface area contributed by atoms with Crippen LogP contribution in [0.15, 0.2) is 24.3 Å². The van der Waals surface area contributed by atoms with E-state index < -0.39 is 0 Å². The van der Waals surface area contributed by atoms with Gasteiger partial charge >= 0.3 is 0 Å². The fraction of sp³-hybridized carbons (Fsp3) is 0.550. The predicted octanol–water partition coefficient (Wildman–Crippen LogP) is 4.35. The minimum atomic E-state index is -0.282. The van der Waals surface area contributed by atoms with E-state index in [1.165, 1.54) is 36.6 Å². The molecular formula is C20H26N2O. The van der Waals surface area contributed by atoms with Gasteiger partial charge in [0.15, 0.2) is 0 Å². The summed E-state index contributed by atoms with van der Waals surface area (Å²) in [5.74, 6) is 0.261. The molecule has 2 aliphatic rings. The van der Waals surface area contributed by atoms with Crippen molar-refractivity contribution >= 4 is 16.8 Å². The molecule has 4 rings (SSSR count). The van der Waals surface area contributed by atoms with Crippen LogP contribution >= 0.6 is 0 Å². The molecule has 1 amide bonds. The maximum atomic E-state index is 13.1. The van der Waals surface area contributed by atoms with Gasteiger partial charge in [-0.15, -0.1) is 0 Å². The van der Waals surface area contributed by atoms with Crippen LogP contribution in [0.1, 0.15) is 62.6 Å². The lowest BCUT2D eigenvalue weighted by molar-refractivity contribution is -0.124. The number of benzene rings is 1. The van der Waals surface area contributed by atoms with Crippen molar-refractivity contribution in [2.45, 2.75) is 69.7 Å². The topological polar surface area (TPSA) is 44.9 Å². The number of fused-ring (bicyclic) bond motifs is 1. The molecule has 0 saturated heterocycles. The smallest absolute Gasteiger partial charge is 0.230 e. The fourth-order valence-corrected chi connectivity index (χ4v) is 4.36. The summed E-state index contributed by atoms with van der Waals surface area (Å²) in [7, 11) is 0. The number of aryl methyl sites for hydroxylation is 1. The van der Waals surface area contributed by atoms with Crippen LogP contribution in [0, 0.1) is 6.92 Å². The summed E-state index contributed by atoms with van der Waals surface area (Å²) in [5.41, 5.74) is 3.25. The van der Waals surface area contributed by atoms with Gasteiger partial charge < -0.3 is 10.3 Å². The van der Waals surface area contributed by atoms with Gasteiger partial charge in [0.1, 0.15) is 0 Å². The van der Waals surface area contributed by atoms with E-state index in [4.69, 9.17) is 0 Å². The quantitative estimate of drug-likeness (QED) is 0.814. The average Bonchev–Trinajstić information content (AvgIpc) is 3.31. The van der Waals surface area contributed by atoms with Crippen molar-refractivity contribution in [2.75, 3.05) is 0 Å². The first kappa shape index (κ1) is 14.8. The molecule has 2 N–H and O–H groups in total. The summed E-state index contributed by atoms with van der Waals surface area (Å²) in [5, 5.41) is 4.61. The first-order valence-corrected chi connectivity index (χ1v) is 9.09. The number of nitrogens with one attached hydrogen (secondary N) is 2. The third-order valence-corrected chi connectivity index (χ3v) is 5.75. The van der Waals surface area contributed by atoms with E-state index in [9.17, 15) is 4.79 Å². The number of carbonyl (C=O) groups is 1. The Kier molecular flexibility index (Phi) is 3.67. The van der Waals surface area contributed by atoms with E-state index in [1.807, 2.05) is 6.07 Å². The Morgan fingerprint density at radius 2 is 1.83 bits per heavy atom. The summed E-state index contributed by atoms with van der Waals surface area (Å²) in [4.78, 5) is 16.5. The SMILES string of the molecule is Cc1[nH]c2ccccc2c1C1(C(=O)NC2CCCCCC2)CC1. The molecule has 0 radical (unpaired) electrons. The molecule has 0 bridgehead atoms. The zero-order valence-corrected chi connectivity index (χ0v) is 14.0. The number of hydrogen-bond acceptors (Lipinski definition) is 1. The Balaban J connectivity index is 1.62. The summed E-state index contributed by atoms with van der Waals surface area (Å²) in [6.45, 7) is 2.11. The van der Waals surface area contributed by atoms with Crippen molar-refractivity contribution in [1.82, 2.24) is 10.3 Å². The molecule has 0 spiro atoms. The summed E-state index contributed by atoms with van der Waals surface area (Å²) in [6.07, 6.45) is 9.40. The Bertz CT molecular complexity index is 718. The molecule has 2 saturated carbocycles. The third-order valence-electron chi connectivity index (χ3n) is 5.75. The monoisotopic (exact) mass is 310 g/mol. The molecule has 0 unspecified atom stereocenters. The lowest BCUT2D eigenvalue weighted by Crippen LogP contribution is -2.41. The van der Waals surface area contributed by atoms with Crippen LogP contribution in [0.5, 0.6) is 0 Å². The van der Waals surface area contributed by atoms with Gasteiger partial charge in [0, 0.05) is 22.6 Å². The highest BCUT2D eigenvalue weighted by Crippen LogP contribution is 2.52. The third kappa shape index (κ3) is 2.56. The molecule has 0 aliphatic heterocycles. The normalized spacial score (nSPS) is 21.1. The van der Waals surface area contributed by atoms with Crippen molar-refractivity contribution in [2.24, 2.45) is 0 Å². The summed E-state index contributed by atoms with van der Waals surface area (Å²) >= 11 is 0. The number of amides is 1. The van der Waals surface area contributed by atoms with Crippen LogP contribution in [-0.2, 0) is 10.2 Å². The number of carbonyl (C=O) groups excluding carboxylic acids is 1. The highest BCUT2D eigenvalue weighted by atomic mass is 16.2. The van der Waals surface area contributed by atoms with E-state index >= 15 is 0 Å². The van der Waals surface area contributed by atoms with E-state index in [0.717, 1.165) is 36.9 Å². The highest BCUT2D eigenvalue weighted by molar-refractivity contribution is 5.98. The molecule has 2 fully saturated rings. The predicted molar refractivity (Wildman–Crippen MR) is 93.6 cm³/mol. The van der Waals surface area contributed by atoms with Gasteiger partial charge in [0.25, 0.3) is 0 Å². The second kappa shape index (κ2) is 5.70. The Labute approximate surface area is 137 Å². The lowest BCUT2D eigenvalue weighted by atomic mass is 9.91. The molecule has 0 atom stereocenters. The number of aromatic nitrogens is 1. The highest BCUT2D eigenvalue weighted by Gasteiger charge is 2.53. The number of rotatable bonds is 3. The van der Waals surface area contributed by atoms with Gasteiger partial charge in [-0.3, -0.25) is 4.79 Å². The molecule has 1 aromatic carbocycles. The second-order valence-corrected chi connectivity index (χ2v) is 7.41. The molecule has 1 aromatic heterocycles. The molecule has 2 aliphatic carbocycles. The Morgan fingerprint density at radius 3 is 2.52 bits per heavy atom. The molecule has 1 heterocycles. The van der Waals surface area contributed by atoms with Crippen LogP contribution < -0.4 is 5.32 Å². The van der Waals surface area contributed by atoms with Gasteiger partial charge in [-0.1, -0.05) is 43.9 Å². The van der Waals surface area contributed by atoms with Crippen molar-refractivity contribution in [3.05, 3.63) is 35.5 Å². The zero-order valence-electron chi connectivity index (χ0n) is 14.0. The van der Waals surface area contributed by atoms with Crippen molar-refractivity contribution < 1.29 is 4.79 Å². The lowest BCUT2D eigenvalue weighted by Gasteiger charge is -2.22.